The summed E-state index contributed by atoms with van der Waals surface area (Å²) >= 11 is 14.5. The molecule has 5 nitrogen and oxygen atoms in total. The minimum atomic E-state index is -0.428. The highest BCUT2D eigenvalue weighted by Gasteiger charge is 2.13. The molecule has 36 heavy (non-hydrogen) atoms. The fraction of sp³-hybridized carbons (Fsp3) is 0. The lowest BCUT2D eigenvalue weighted by atomic mass is 10.1. The molecule has 0 unspecified atom stereocenters. The Kier molecular flexibility index (Phi) is 5.85. The number of ether oxygens (including phenoxy) is 1. The van der Waals surface area contributed by atoms with Crippen LogP contribution in [0.25, 0.3) is 33.0 Å². The van der Waals surface area contributed by atoms with Crippen LogP contribution in [0, 0.1) is 0 Å². The molecule has 6 rings (SSSR count). The van der Waals surface area contributed by atoms with Gasteiger partial charge < -0.3 is 14.5 Å². The van der Waals surface area contributed by atoms with Gasteiger partial charge in [-0.05, 0) is 41.8 Å². The molecule has 6 aromatic rings. The Morgan fingerprint density at radius 1 is 0.861 bits per heavy atom. The van der Waals surface area contributed by atoms with Crippen molar-refractivity contribution >= 4 is 67.1 Å². The molecule has 0 saturated heterocycles. The Bertz CT molecular complexity index is 1810. The summed E-state index contributed by atoms with van der Waals surface area (Å²) < 4.78 is 11.4. The molecule has 0 amide bonds. The Balaban J connectivity index is 1.23. The van der Waals surface area contributed by atoms with Gasteiger partial charge in [0.1, 0.15) is 17.1 Å². The van der Waals surface area contributed by atoms with Crippen LogP contribution in [0.15, 0.2) is 99.5 Å². The summed E-state index contributed by atoms with van der Waals surface area (Å²) in [6.07, 6.45) is 0. The van der Waals surface area contributed by atoms with E-state index in [9.17, 15) is 4.79 Å². The molecule has 0 atom stereocenters. The van der Waals surface area contributed by atoms with Crippen LogP contribution in [0.2, 0.25) is 10.0 Å². The van der Waals surface area contributed by atoms with Gasteiger partial charge in [0.25, 0.3) is 0 Å². The lowest BCUT2D eigenvalue weighted by molar-refractivity contribution is 0.484. The molecule has 1 N–H and O–H groups in total. The molecule has 2 aromatic heterocycles. The molecule has 0 bridgehead atoms. The number of aromatic nitrogens is 1. The first-order chi connectivity index (χ1) is 17.5. The molecule has 0 aliphatic rings. The van der Waals surface area contributed by atoms with Crippen molar-refractivity contribution in [2.75, 3.05) is 5.32 Å². The van der Waals surface area contributed by atoms with Gasteiger partial charge in [0.05, 0.1) is 21.3 Å². The van der Waals surface area contributed by atoms with E-state index in [1.807, 2.05) is 66.0 Å². The largest absolute Gasteiger partial charge is 0.454 e. The molecule has 0 spiro atoms. The minimum Gasteiger partial charge on any atom is -0.454 e. The second kappa shape index (κ2) is 9.32. The number of halogens is 2. The second-order valence-electron chi connectivity index (χ2n) is 7.99. The van der Waals surface area contributed by atoms with Crippen molar-refractivity contribution < 1.29 is 9.15 Å². The molecule has 8 heteroatoms. The third-order valence-electron chi connectivity index (χ3n) is 5.65. The number of nitrogens with one attached hydrogen (secondary N) is 1. The summed E-state index contributed by atoms with van der Waals surface area (Å²) in [5.41, 5.74) is 1.79. The van der Waals surface area contributed by atoms with Gasteiger partial charge in [0, 0.05) is 21.8 Å². The molecule has 0 fully saturated rings. The van der Waals surface area contributed by atoms with Crippen molar-refractivity contribution in [3.8, 4) is 22.8 Å². The highest BCUT2D eigenvalue weighted by Crippen LogP contribution is 2.39. The average molecular weight is 531 g/mol. The number of benzene rings is 4. The van der Waals surface area contributed by atoms with E-state index >= 15 is 0 Å². The zero-order valence-corrected chi connectivity index (χ0v) is 20.8. The van der Waals surface area contributed by atoms with Gasteiger partial charge in [-0.2, -0.15) is 0 Å². The van der Waals surface area contributed by atoms with E-state index in [1.54, 1.807) is 24.3 Å². The molecule has 0 aliphatic carbocycles. The van der Waals surface area contributed by atoms with Crippen molar-refractivity contribution in [2.24, 2.45) is 0 Å². The zero-order chi connectivity index (χ0) is 24.6. The summed E-state index contributed by atoms with van der Waals surface area (Å²) in [7, 11) is 0. The maximum Gasteiger partial charge on any atom is 0.345 e. The fourth-order valence-electron chi connectivity index (χ4n) is 3.89. The van der Waals surface area contributed by atoms with E-state index in [2.05, 4.69) is 10.3 Å². The van der Waals surface area contributed by atoms with Crippen LogP contribution in [0.4, 0.5) is 10.8 Å². The van der Waals surface area contributed by atoms with Crippen LogP contribution in [0.5, 0.6) is 11.5 Å². The van der Waals surface area contributed by atoms with E-state index in [1.165, 1.54) is 11.3 Å². The third-order valence-corrected chi connectivity index (χ3v) is 7.10. The Hall–Kier alpha value is -3.84. The third kappa shape index (κ3) is 4.31. The van der Waals surface area contributed by atoms with Crippen LogP contribution >= 0.6 is 34.5 Å². The number of para-hydroxylation sites is 1. The van der Waals surface area contributed by atoms with Crippen molar-refractivity contribution in [2.45, 2.75) is 0 Å². The van der Waals surface area contributed by atoms with Crippen LogP contribution in [-0.4, -0.2) is 4.98 Å². The summed E-state index contributed by atoms with van der Waals surface area (Å²) in [5, 5.41) is 9.37. The molecule has 176 valence electrons. The van der Waals surface area contributed by atoms with Crippen LogP contribution in [0.3, 0.4) is 0 Å². The normalized spacial score (nSPS) is 11.2. The summed E-state index contributed by atoms with van der Waals surface area (Å²) in [4.78, 5) is 17.0. The minimum absolute atomic E-state index is 0.409. The van der Waals surface area contributed by atoms with Gasteiger partial charge in [0.15, 0.2) is 5.13 Å². The van der Waals surface area contributed by atoms with Crippen molar-refractivity contribution in [1.82, 2.24) is 4.98 Å². The smallest absolute Gasteiger partial charge is 0.345 e. The van der Waals surface area contributed by atoms with E-state index in [-0.39, 0.29) is 0 Å². The lowest BCUT2D eigenvalue weighted by Gasteiger charge is -2.12. The highest BCUT2D eigenvalue weighted by molar-refractivity contribution is 7.14. The zero-order valence-electron chi connectivity index (χ0n) is 18.5. The molecular formula is C28H16Cl2N2O3S. The van der Waals surface area contributed by atoms with Gasteiger partial charge in [-0.15, -0.1) is 11.3 Å². The van der Waals surface area contributed by atoms with E-state index < -0.39 is 5.63 Å². The molecular weight excluding hydrogens is 515 g/mol. The molecule has 4 aromatic carbocycles. The van der Waals surface area contributed by atoms with E-state index in [4.69, 9.17) is 32.4 Å². The van der Waals surface area contributed by atoms with Crippen molar-refractivity contribution in [3.05, 3.63) is 111 Å². The topological polar surface area (TPSA) is 64.4 Å². The summed E-state index contributed by atoms with van der Waals surface area (Å²) in [6.45, 7) is 0. The monoisotopic (exact) mass is 530 g/mol. The number of fused-ring (bicyclic) bond motifs is 2. The second-order valence-corrected chi connectivity index (χ2v) is 9.64. The fourth-order valence-corrected chi connectivity index (χ4v) is 5.11. The average Bonchev–Trinajstić information content (AvgIpc) is 3.35. The Morgan fingerprint density at radius 3 is 2.50 bits per heavy atom. The predicted molar refractivity (Wildman–Crippen MR) is 147 cm³/mol. The number of hydrogen-bond donors (Lipinski definition) is 1. The Morgan fingerprint density at radius 2 is 1.64 bits per heavy atom. The van der Waals surface area contributed by atoms with Gasteiger partial charge in [0.2, 0.25) is 0 Å². The lowest BCUT2D eigenvalue weighted by Crippen LogP contribution is -2.02. The first-order valence-electron chi connectivity index (χ1n) is 11.0. The first kappa shape index (κ1) is 22.6. The Labute approximate surface area is 219 Å². The van der Waals surface area contributed by atoms with Gasteiger partial charge >= 0.3 is 5.63 Å². The van der Waals surface area contributed by atoms with E-state index in [0.717, 1.165) is 21.8 Å². The number of anilines is 2. The summed E-state index contributed by atoms with van der Waals surface area (Å²) in [6, 6.07) is 26.1. The molecule has 0 aliphatic heterocycles. The number of thiazole rings is 1. The quantitative estimate of drug-likeness (QED) is 0.225. The van der Waals surface area contributed by atoms with Crippen LogP contribution in [-0.2, 0) is 0 Å². The summed E-state index contributed by atoms with van der Waals surface area (Å²) in [5.74, 6) is 1.00. The first-order valence-corrected chi connectivity index (χ1v) is 12.6. The van der Waals surface area contributed by atoms with Gasteiger partial charge in [-0.1, -0.05) is 71.7 Å². The SMILES string of the molecule is O=c1oc2ccccc2cc1-c1csc(Nc2ccc(Oc3ccc4ccccc4c3Cl)c(Cl)c2)n1. The van der Waals surface area contributed by atoms with Crippen LogP contribution in [0.1, 0.15) is 0 Å². The number of nitrogens with zero attached hydrogens (tertiary/aromatic N) is 1. The standard InChI is InChI=1S/C28H16Cl2N2O3S/c29-21-14-18(10-12-24(21)34-25-11-9-16-5-1-3-7-19(16)26(25)30)31-28-32-22(15-36-28)20-13-17-6-2-4-8-23(17)35-27(20)33/h1-15H,(H,31,32). The number of hydrogen-bond acceptors (Lipinski definition) is 6. The van der Waals surface area contributed by atoms with Crippen LogP contribution < -0.4 is 15.7 Å². The highest BCUT2D eigenvalue weighted by atomic mass is 35.5. The van der Waals surface area contributed by atoms with Crippen molar-refractivity contribution in [3.63, 3.8) is 0 Å². The molecule has 2 heterocycles. The maximum atomic E-state index is 12.5. The number of rotatable bonds is 5. The molecule has 0 radical (unpaired) electrons. The van der Waals surface area contributed by atoms with Gasteiger partial charge in [-0.25, -0.2) is 9.78 Å². The van der Waals surface area contributed by atoms with Gasteiger partial charge in [-0.3, -0.25) is 0 Å². The van der Waals surface area contributed by atoms with Crippen molar-refractivity contribution in [1.29, 1.82) is 0 Å². The maximum absolute atomic E-state index is 12.5. The van der Waals surface area contributed by atoms with E-state index in [0.29, 0.717) is 43.5 Å². The predicted octanol–water partition coefficient (Wildman–Crippen LogP) is 8.91. The molecule has 0 saturated carbocycles.